The summed E-state index contributed by atoms with van der Waals surface area (Å²) in [6.45, 7) is 0.813. The maximum atomic E-state index is 10.0. The Morgan fingerprint density at radius 2 is 1.54 bits per heavy atom. The molecule has 0 aliphatic carbocycles. The SMILES string of the molecule is CC(=O)C(=O)OS(=O)(=O)O.[H-].[H-].[H-].[Li+].[Li+].[Li+]. The monoisotopic (exact) mass is 192 g/mol. The van der Waals surface area contributed by atoms with Gasteiger partial charge in [-0.3, -0.25) is 9.35 Å². The second-order valence-corrected chi connectivity index (χ2v) is 2.38. The molecule has 0 aliphatic rings. The zero-order valence-electron chi connectivity index (χ0n) is 10.9. The first kappa shape index (κ1) is 23.6. The molecule has 0 aromatic rings. The van der Waals surface area contributed by atoms with E-state index in [1.54, 1.807) is 0 Å². The zero-order valence-corrected chi connectivity index (χ0v) is 8.71. The third-order valence-electron chi connectivity index (χ3n) is 0.468. The van der Waals surface area contributed by atoms with Crippen molar-refractivity contribution in [1.82, 2.24) is 0 Å². The summed E-state index contributed by atoms with van der Waals surface area (Å²) in [4.78, 5) is 20.0. The molecule has 0 aliphatic heterocycles. The Balaban J connectivity index is -0.0000000270. The minimum absolute atomic E-state index is 0. The van der Waals surface area contributed by atoms with Crippen molar-refractivity contribution in [2.45, 2.75) is 6.92 Å². The van der Waals surface area contributed by atoms with Crippen molar-refractivity contribution in [3.8, 4) is 0 Å². The Morgan fingerprint density at radius 1 is 1.23 bits per heavy atom. The number of hydrogen-bond acceptors (Lipinski definition) is 5. The Labute approximate surface area is 116 Å². The van der Waals surface area contributed by atoms with Crippen LogP contribution in [0.1, 0.15) is 11.2 Å². The van der Waals surface area contributed by atoms with Crippen LogP contribution in [0.5, 0.6) is 0 Å². The fourth-order valence-electron chi connectivity index (χ4n) is 0.154. The Hall–Kier alpha value is 0.842. The van der Waals surface area contributed by atoms with Crippen LogP contribution in [-0.2, 0) is 24.2 Å². The molecule has 0 radical (unpaired) electrons. The Bertz CT molecular complexity index is 269. The number of rotatable bonds is 2. The van der Waals surface area contributed by atoms with Crippen molar-refractivity contribution in [2.24, 2.45) is 0 Å². The second-order valence-electron chi connectivity index (χ2n) is 1.35. The largest absolute Gasteiger partial charge is 1.00 e. The van der Waals surface area contributed by atoms with Crippen molar-refractivity contribution in [2.75, 3.05) is 0 Å². The van der Waals surface area contributed by atoms with Gasteiger partial charge >= 0.3 is 73.0 Å². The third-order valence-corrected chi connectivity index (χ3v) is 0.830. The standard InChI is InChI=1S/C3H4O6S.3Li.3H/c1-2(4)3(5)9-10(6,7)8;;;;;;/h1H3,(H,6,7,8);;;;;;/q;3*+1;3*-1. The average Bonchev–Trinajstić information content (AvgIpc) is 1.60. The summed E-state index contributed by atoms with van der Waals surface area (Å²) in [5.41, 5.74) is 0. The molecule has 0 rings (SSSR count). The van der Waals surface area contributed by atoms with Crippen molar-refractivity contribution < 1.29 is 87.6 Å². The van der Waals surface area contributed by atoms with Gasteiger partial charge in [-0.2, -0.15) is 8.42 Å². The molecule has 0 saturated carbocycles. The van der Waals surface area contributed by atoms with Crippen LogP contribution in [0.15, 0.2) is 0 Å². The summed E-state index contributed by atoms with van der Waals surface area (Å²) < 4.78 is 30.5. The van der Waals surface area contributed by atoms with Crippen LogP contribution in [0.4, 0.5) is 0 Å². The fourth-order valence-corrected chi connectivity index (χ4v) is 0.463. The summed E-state index contributed by atoms with van der Waals surface area (Å²) in [6.07, 6.45) is 0. The maximum Gasteiger partial charge on any atom is 1.00 e. The zero-order chi connectivity index (χ0) is 8.36. The van der Waals surface area contributed by atoms with E-state index in [0.717, 1.165) is 6.92 Å². The normalized spacial score (nSPS) is 8.15. The van der Waals surface area contributed by atoms with E-state index in [1.807, 2.05) is 0 Å². The quantitative estimate of drug-likeness (QED) is 0.265. The van der Waals surface area contributed by atoms with Gasteiger partial charge in [0, 0.05) is 6.92 Å². The molecule has 1 N–H and O–H groups in total. The Morgan fingerprint density at radius 3 is 1.62 bits per heavy atom. The molecule has 64 valence electrons. The van der Waals surface area contributed by atoms with Crippen LogP contribution in [0, 0.1) is 0 Å². The van der Waals surface area contributed by atoms with Crippen molar-refractivity contribution in [3.63, 3.8) is 0 Å². The molecule has 0 amide bonds. The van der Waals surface area contributed by atoms with Crippen LogP contribution >= 0.6 is 0 Å². The molecule has 0 aromatic carbocycles. The van der Waals surface area contributed by atoms with Gasteiger partial charge in [0.15, 0.2) is 0 Å². The van der Waals surface area contributed by atoms with Gasteiger partial charge in [0.2, 0.25) is 5.78 Å². The molecule has 0 bridgehead atoms. The van der Waals surface area contributed by atoms with Crippen molar-refractivity contribution >= 4 is 22.2 Å². The first-order chi connectivity index (χ1) is 4.33. The molecule has 13 heavy (non-hydrogen) atoms. The van der Waals surface area contributed by atoms with Crippen LogP contribution in [-0.4, -0.2) is 24.7 Å². The van der Waals surface area contributed by atoms with Crippen molar-refractivity contribution in [1.29, 1.82) is 0 Å². The number of ketones is 1. The summed E-state index contributed by atoms with van der Waals surface area (Å²) >= 11 is 0. The molecule has 0 saturated heterocycles. The first-order valence-corrected chi connectivity index (χ1v) is 3.41. The predicted octanol–water partition coefficient (Wildman–Crippen LogP) is -9.73. The topological polar surface area (TPSA) is 97.7 Å². The minimum Gasteiger partial charge on any atom is -1.00 e. The molecular weight excluding hydrogens is 185 g/mol. The van der Waals surface area contributed by atoms with Gasteiger partial charge in [-0.1, -0.05) is 0 Å². The van der Waals surface area contributed by atoms with E-state index in [-0.39, 0.29) is 60.9 Å². The first-order valence-electron chi connectivity index (χ1n) is 2.04. The number of hydrogen-bond donors (Lipinski definition) is 1. The number of Topliss-reactive ketones (excluding diaryl/α,β-unsaturated/α-hetero) is 1. The molecule has 0 unspecified atom stereocenters. The van der Waals surface area contributed by atoms with E-state index in [1.165, 1.54) is 0 Å². The number of carbonyl (C=O) groups excluding carboxylic acids is 2. The summed E-state index contributed by atoms with van der Waals surface area (Å²) in [5.74, 6) is -2.71. The smallest absolute Gasteiger partial charge is 1.00 e. The molecular formula is C3H7Li3O6S. The van der Waals surface area contributed by atoms with Gasteiger partial charge in [-0.05, 0) is 0 Å². The van der Waals surface area contributed by atoms with E-state index in [0.29, 0.717) is 0 Å². The third kappa shape index (κ3) is 15.6. The average molecular weight is 192 g/mol. The van der Waals surface area contributed by atoms with Crippen molar-refractivity contribution in [3.05, 3.63) is 0 Å². The predicted molar refractivity (Wildman–Crippen MR) is 31.7 cm³/mol. The van der Waals surface area contributed by atoms with Gasteiger partial charge in [0.25, 0.3) is 0 Å². The van der Waals surface area contributed by atoms with Crippen LogP contribution < -0.4 is 56.6 Å². The van der Waals surface area contributed by atoms with Gasteiger partial charge in [0.05, 0.1) is 0 Å². The molecule has 0 aromatic heterocycles. The van der Waals surface area contributed by atoms with E-state index < -0.39 is 22.2 Å². The van der Waals surface area contributed by atoms with E-state index >= 15 is 0 Å². The molecule has 0 spiro atoms. The van der Waals surface area contributed by atoms with E-state index in [9.17, 15) is 18.0 Å². The van der Waals surface area contributed by atoms with Crippen LogP contribution in [0.25, 0.3) is 0 Å². The molecule has 0 fully saturated rings. The van der Waals surface area contributed by atoms with E-state index in [4.69, 9.17) is 4.55 Å². The van der Waals surface area contributed by atoms with Gasteiger partial charge in [-0.15, -0.1) is 0 Å². The maximum absolute atomic E-state index is 10.0. The van der Waals surface area contributed by atoms with E-state index in [2.05, 4.69) is 4.18 Å². The Kier molecular flexibility index (Phi) is 17.0. The summed E-state index contributed by atoms with van der Waals surface area (Å²) in [6, 6.07) is 0. The number of carbonyl (C=O) groups is 2. The van der Waals surface area contributed by atoms with Crippen LogP contribution in [0.2, 0.25) is 0 Å². The molecule has 0 atom stereocenters. The summed E-state index contributed by atoms with van der Waals surface area (Å²) in [5, 5.41) is 0. The van der Waals surface area contributed by atoms with Gasteiger partial charge < -0.3 is 8.46 Å². The molecule has 0 heterocycles. The molecule has 10 heteroatoms. The second kappa shape index (κ2) is 9.40. The summed E-state index contributed by atoms with van der Waals surface area (Å²) in [7, 11) is -4.84. The van der Waals surface area contributed by atoms with Gasteiger partial charge in [0.1, 0.15) is 0 Å². The molecule has 6 nitrogen and oxygen atoms in total. The van der Waals surface area contributed by atoms with Gasteiger partial charge in [-0.25, -0.2) is 4.79 Å². The van der Waals surface area contributed by atoms with Crippen LogP contribution in [0.3, 0.4) is 0 Å². The minimum atomic E-state index is -4.84. The fraction of sp³-hybridized carbons (Fsp3) is 0.333.